The highest BCUT2D eigenvalue weighted by Gasteiger charge is 2.19. The van der Waals surface area contributed by atoms with Crippen molar-refractivity contribution in [1.29, 1.82) is 0 Å². The monoisotopic (exact) mass is 339 g/mol. The van der Waals surface area contributed by atoms with Gasteiger partial charge in [0.1, 0.15) is 0 Å². The van der Waals surface area contributed by atoms with Crippen LogP contribution < -0.4 is 0 Å². The predicted octanol–water partition coefficient (Wildman–Crippen LogP) is -0.605. The second-order valence-corrected chi connectivity index (χ2v) is 8.57. The molecule has 3 N–H and O–H groups in total. The molecule has 0 aliphatic heterocycles. The van der Waals surface area contributed by atoms with Gasteiger partial charge in [0.2, 0.25) is 0 Å². The van der Waals surface area contributed by atoms with Gasteiger partial charge in [0.25, 0.3) is 30.4 Å². The van der Waals surface area contributed by atoms with Crippen LogP contribution in [-0.2, 0) is 30.4 Å². The van der Waals surface area contributed by atoms with Crippen LogP contribution in [-0.4, -0.2) is 56.2 Å². The van der Waals surface area contributed by atoms with E-state index < -0.39 is 47.6 Å². The topological polar surface area (TPSA) is 163 Å². The van der Waals surface area contributed by atoms with E-state index in [-0.39, 0.29) is 25.2 Å². The lowest BCUT2D eigenvalue weighted by Crippen LogP contribution is -2.16. The Bertz CT molecular complexity index is 486. The van der Waals surface area contributed by atoms with Crippen LogP contribution in [0.3, 0.4) is 0 Å². The number of rotatable bonds is 9. The minimum Gasteiger partial charge on any atom is -0.286 e. The van der Waals surface area contributed by atoms with Gasteiger partial charge in [-0.05, 0) is 25.2 Å². The van der Waals surface area contributed by atoms with Gasteiger partial charge >= 0.3 is 0 Å². The van der Waals surface area contributed by atoms with E-state index >= 15 is 0 Å². The van der Waals surface area contributed by atoms with Crippen LogP contribution in [0, 0.1) is 5.92 Å². The van der Waals surface area contributed by atoms with E-state index in [2.05, 4.69) is 0 Å². The number of hydrogen-bond acceptors (Lipinski definition) is 6. The van der Waals surface area contributed by atoms with Crippen molar-refractivity contribution in [2.45, 2.75) is 19.3 Å². The number of hydrogen-bond donors (Lipinski definition) is 3. The van der Waals surface area contributed by atoms with Crippen molar-refractivity contribution in [2.75, 3.05) is 17.3 Å². The Labute approximate surface area is 112 Å². The van der Waals surface area contributed by atoms with Crippen molar-refractivity contribution in [2.24, 2.45) is 0 Å². The first-order chi connectivity index (χ1) is 8.29. The molecule has 1 radical (unpaired) electrons. The van der Waals surface area contributed by atoms with Crippen molar-refractivity contribution in [3.8, 4) is 0 Å². The molecule has 0 fully saturated rings. The fraction of sp³-hybridized carbons (Fsp3) is 0.857. The maximum absolute atomic E-state index is 10.5. The Kier molecular flexibility index (Phi) is 6.85. The lowest BCUT2D eigenvalue weighted by atomic mass is 10.0. The summed E-state index contributed by atoms with van der Waals surface area (Å²) in [6.07, 6.45) is -0.780. The van der Waals surface area contributed by atoms with Crippen LogP contribution in [0.5, 0.6) is 0 Å². The van der Waals surface area contributed by atoms with E-state index in [1.807, 2.05) is 0 Å². The summed E-state index contributed by atoms with van der Waals surface area (Å²) in [5.41, 5.74) is 0. The fourth-order valence-corrected chi connectivity index (χ4v) is 2.83. The second-order valence-electron chi connectivity index (χ2n) is 3.86. The molecule has 0 aliphatic rings. The van der Waals surface area contributed by atoms with Crippen LogP contribution in [0.25, 0.3) is 0 Å². The highest BCUT2D eigenvalue weighted by Crippen LogP contribution is 2.19. The SMILES string of the molecule is O=S(=O)(O)CC[C](CCS(=O)(=O)O)CCS(=O)(=O)O. The summed E-state index contributed by atoms with van der Waals surface area (Å²) >= 11 is 0. The Balaban J connectivity index is 4.55. The van der Waals surface area contributed by atoms with E-state index in [1.54, 1.807) is 0 Å². The largest absolute Gasteiger partial charge is 0.286 e. The quantitative estimate of drug-likeness (QED) is 0.465. The van der Waals surface area contributed by atoms with Crippen molar-refractivity contribution in [3.63, 3.8) is 0 Å². The van der Waals surface area contributed by atoms with Crippen LogP contribution in [0.1, 0.15) is 19.3 Å². The molecule has 0 saturated heterocycles. The van der Waals surface area contributed by atoms with Gasteiger partial charge in [-0.3, -0.25) is 13.7 Å². The van der Waals surface area contributed by atoms with Gasteiger partial charge in [-0.2, -0.15) is 25.3 Å². The van der Waals surface area contributed by atoms with Gasteiger partial charge in [-0.25, -0.2) is 0 Å². The molecule has 0 bridgehead atoms. The average Bonchev–Trinajstić information content (AvgIpc) is 2.11. The molecule has 12 heteroatoms. The van der Waals surface area contributed by atoms with E-state index in [9.17, 15) is 25.3 Å². The highest BCUT2D eigenvalue weighted by atomic mass is 32.2. The normalized spacial score (nSPS) is 13.9. The summed E-state index contributed by atoms with van der Waals surface area (Å²) in [5.74, 6) is -1.90. The molecule has 0 aromatic heterocycles. The summed E-state index contributed by atoms with van der Waals surface area (Å²) in [4.78, 5) is 0. The molecule has 9 nitrogen and oxygen atoms in total. The third-order valence-electron chi connectivity index (χ3n) is 2.14. The molecule has 115 valence electrons. The maximum Gasteiger partial charge on any atom is 0.264 e. The molecule has 0 unspecified atom stereocenters. The van der Waals surface area contributed by atoms with Gasteiger partial charge < -0.3 is 0 Å². The van der Waals surface area contributed by atoms with Gasteiger partial charge in [0.05, 0.1) is 17.3 Å². The van der Waals surface area contributed by atoms with Gasteiger partial charge in [0.15, 0.2) is 0 Å². The first kappa shape index (κ1) is 18.7. The van der Waals surface area contributed by atoms with Crippen LogP contribution >= 0.6 is 0 Å². The summed E-state index contributed by atoms with van der Waals surface area (Å²) < 4.78 is 88.9. The van der Waals surface area contributed by atoms with E-state index in [1.165, 1.54) is 0 Å². The first-order valence-electron chi connectivity index (χ1n) is 4.97. The van der Waals surface area contributed by atoms with Crippen LogP contribution in [0.4, 0.5) is 0 Å². The van der Waals surface area contributed by atoms with E-state index in [4.69, 9.17) is 13.7 Å². The molecular formula is C7H15O9S3. The molecule has 19 heavy (non-hydrogen) atoms. The van der Waals surface area contributed by atoms with Crippen molar-refractivity contribution >= 4 is 30.4 Å². The zero-order valence-corrected chi connectivity index (χ0v) is 12.2. The highest BCUT2D eigenvalue weighted by molar-refractivity contribution is 7.86. The lowest BCUT2D eigenvalue weighted by molar-refractivity contribution is 0.476. The van der Waals surface area contributed by atoms with E-state index in [0.29, 0.717) is 0 Å². The average molecular weight is 339 g/mol. The molecule has 0 saturated carbocycles. The van der Waals surface area contributed by atoms with E-state index in [0.717, 1.165) is 0 Å². The third kappa shape index (κ3) is 14.0. The van der Waals surface area contributed by atoms with Gasteiger partial charge in [-0.1, -0.05) is 0 Å². The van der Waals surface area contributed by atoms with Crippen LogP contribution in [0.15, 0.2) is 0 Å². The minimum atomic E-state index is -4.27. The third-order valence-corrected chi connectivity index (χ3v) is 4.30. The van der Waals surface area contributed by atoms with Crippen LogP contribution in [0.2, 0.25) is 0 Å². The molecule has 0 aromatic rings. The molecule has 0 aliphatic carbocycles. The Hall–Kier alpha value is -0.270. The van der Waals surface area contributed by atoms with Crippen molar-refractivity contribution in [1.82, 2.24) is 0 Å². The lowest BCUT2D eigenvalue weighted by Gasteiger charge is -2.13. The molecule has 0 aromatic carbocycles. The molecule has 0 heterocycles. The summed E-state index contributed by atoms with van der Waals surface area (Å²) in [5, 5.41) is 0. The Morgan fingerprint density at radius 1 is 0.579 bits per heavy atom. The van der Waals surface area contributed by atoms with Gasteiger partial charge in [-0.15, -0.1) is 0 Å². The van der Waals surface area contributed by atoms with Crippen molar-refractivity contribution in [3.05, 3.63) is 5.92 Å². The predicted molar refractivity (Wildman–Crippen MR) is 66.3 cm³/mol. The second kappa shape index (κ2) is 6.95. The fourth-order valence-electron chi connectivity index (χ4n) is 1.19. The zero-order valence-electron chi connectivity index (χ0n) is 9.76. The summed E-state index contributed by atoms with van der Waals surface area (Å²) in [6, 6.07) is 0. The smallest absolute Gasteiger partial charge is 0.264 e. The summed E-state index contributed by atoms with van der Waals surface area (Å²) in [6.45, 7) is 0. The molecule has 0 spiro atoms. The zero-order chi connectivity index (χ0) is 15.3. The Morgan fingerprint density at radius 3 is 0.947 bits per heavy atom. The maximum atomic E-state index is 10.5. The molecule has 0 amide bonds. The summed E-state index contributed by atoms with van der Waals surface area (Å²) in [7, 11) is -12.8. The molecular weight excluding hydrogens is 324 g/mol. The standard InChI is InChI=1S/C7H15O9S3/c8-17(9,10)4-1-7(2-5-18(11,12)13)3-6-19(14,15)16/h1-6H2,(H,8,9,10)(H,11,12,13)(H,14,15,16). The Morgan fingerprint density at radius 2 is 0.789 bits per heavy atom. The molecule has 0 rings (SSSR count). The molecule has 0 atom stereocenters. The van der Waals surface area contributed by atoms with Crippen molar-refractivity contribution < 1.29 is 38.9 Å². The first-order valence-corrected chi connectivity index (χ1v) is 9.80. The van der Waals surface area contributed by atoms with Gasteiger partial charge in [0, 0.05) is 0 Å². The minimum absolute atomic E-state index is 0.188.